The number of amides is 3. The molecule has 0 spiro atoms. The number of carbonyl (C=O) groups is 2. The summed E-state index contributed by atoms with van der Waals surface area (Å²) in [5.74, 6) is 0.737. The molecule has 2 heterocycles. The molecule has 0 aromatic heterocycles. The fraction of sp³-hybridized carbons (Fsp3) is 0.579. The molecule has 3 amide bonds. The Kier molecular flexibility index (Phi) is 5.66. The minimum absolute atomic E-state index is 0.0223. The van der Waals surface area contributed by atoms with Crippen LogP contribution >= 0.6 is 0 Å². The third kappa shape index (κ3) is 4.09. The monoisotopic (exact) mass is 361 g/mol. The van der Waals surface area contributed by atoms with Gasteiger partial charge in [-0.25, -0.2) is 4.79 Å². The van der Waals surface area contributed by atoms with Gasteiger partial charge in [0.1, 0.15) is 5.75 Å². The van der Waals surface area contributed by atoms with E-state index < -0.39 is 0 Å². The van der Waals surface area contributed by atoms with Crippen molar-refractivity contribution in [2.24, 2.45) is 0 Å². The number of benzene rings is 1. The Bertz CT molecular complexity index is 658. The maximum absolute atomic E-state index is 12.6. The van der Waals surface area contributed by atoms with Gasteiger partial charge in [-0.1, -0.05) is 6.07 Å². The number of likely N-dealkylation sites (tertiary alicyclic amines) is 1. The predicted octanol–water partition coefficient (Wildman–Crippen LogP) is 0.119. The van der Waals surface area contributed by atoms with E-state index in [1.54, 1.807) is 12.0 Å². The van der Waals surface area contributed by atoms with Gasteiger partial charge in [-0.05, 0) is 12.1 Å². The average molecular weight is 361 g/mol. The number of carbonyl (C=O) groups excluding carboxylic acids is 2. The fourth-order valence-electron chi connectivity index (χ4n) is 3.76. The van der Waals surface area contributed by atoms with Crippen molar-refractivity contribution in [3.8, 4) is 5.75 Å². The highest BCUT2D eigenvalue weighted by Gasteiger charge is 2.33. The van der Waals surface area contributed by atoms with Gasteiger partial charge in [-0.3, -0.25) is 4.79 Å². The second-order valence-electron chi connectivity index (χ2n) is 7.36. The molecule has 0 radical (unpaired) electrons. The summed E-state index contributed by atoms with van der Waals surface area (Å²) in [6, 6.07) is 7.47. The summed E-state index contributed by atoms with van der Waals surface area (Å²) >= 11 is 0. The van der Waals surface area contributed by atoms with E-state index in [-0.39, 0.29) is 24.0 Å². The molecule has 1 aromatic carbocycles. The van der Waals surface area contributed by atoms with E-state index in [0.717, 1.165) is 31.6 Å². The molecule has 1 atom stereocenters. The quantitative estimate of drug-likeness (QED) is 0.801. The van der Waals surface area contributed by atoms with Crippen molar-refractivity contribution in [3.05, 3.63) is 24.3 Å². The summed E-state index contributed by atoms with van der Waals surface area (Å²) < 4.78 is 5.23. The lowest BCUT2D eigenvalue weighted by Crippen LogP contribution is -3.10. The molecule has 26 heavy (non-hydrogen) atoms. The number of nitrogens with one attached hydrogen (secondary N) is 2. The largest absolute Gasteiger partial charge is 0.497 e. The first-order valence-electron chi connectivity index (χ1n) is 9.27. The first-order chi connectivity index (χ1) is 12.5. The molecule has 2 aliphatic rings. The van der Waals surface area contributed by atoms with Gasteiger partial charge in [0.15, 0.2) is 0 Å². The number of methoxy groups -OCH3 is 1. The number of hydrogen-bond donors (Lipinski definition) is 2. The van der Waals surface area contributed by atoms with Crippen LogP contribution in [-0.4, -0.2) is 69.8 Å². The van der Waals surface area contributed by atoms with Gasteiger partial charge in [-0.15, -0.1) is 0 Å². The van der Waals surface area contributed by atoms with Crippen LogP contribution in [0.4, 0.5) is 10.5 Å². The predicted molar refractivity (Wildman–Crippen MR) is 99.7 cm³/mol. The summed E-state index contributed by atoms with van der Waals surface area (Å²) in [6.07, 6.45) is 2.37. The Morgan fingerprint density at radius 1 is 1.35 bits per heavy atom. The van der Waals surface area contributed by atoms with Gasteiger partial charge in [0.05, 0.1) is 33.3 Å². The first kappa shape index (κ1) is 18.5. The van der Waals surface area contributed by atoms with Crippen molar-refractivity contribution < 1.29 is 19.2 Å². The first-order valence-corrected chi connectivity index (χ1v) is 9.27. The van der Waals surface area contributed by atoms with E-state index in [1.165, 1.54) is 4.90 Å². The number of anilines is 1. The molecule has 7 nitrogen and oxygen atoms in total. The van der Waals surface area contributed by atoms with Gasteiger partial charge in [-0.2, -0.15) is 0 Å². The Balaban J connectivity index is 1.57. The minimum Gasteiger partial charge on any atom is -0.497 e. The van der Waals surface area contributed by atoms with Gasteiger partial charge < -0.3 is 24.8 Å². The zero-order chi connectivity index (χ0) is 18.7. The molecular weight excluding hydrogens is 332 g/mol. The SMILES string of the molecule is COc1cccc(N2C[C@H](NC(=O)N(C)C3CC[NH+](C)CC3)CC2=O)c1. The third-order valence-corrected chi connectivity index (χ3v) is 5.49. The zero-order valence-corrected chi connectivity index (χ0v) is 15.8. The van der Waals surface area contributed by atoms with Crippen LogP contribution in [0.3, 0.4) is 0 Å². The molecule has 2 aliphatic heterocycles. The molecule has 2 N–H and O–H groups in total. The van der Waals surface area contributed by atoms with Gasteiger partial charge in [0.25, 0.3) is 0 Å². The maximum Gasteiger partial charge on any atom is 0.317 e. The van der Waals surface area contributed by atoms with Crippen LogP contribution in [0.2, 0.25) is 0 Å². The van der Waals surface area contributed by atoms with Gasteiger partial charge in [0.2, 0.25) is 5.91 Å². The standard InChI is InChI=1S/C19H28N4O3/c1-21-9-7-15(8-10-21)22(2)19(25)20-14-11-18(24)23(13-14)16-5-4-6-17(12-16)26-3/h4-6,12,14-15H,7-11,13H2,1-3H3,(H,20,25)/p+1/t14-/m1/s1. The topological polar surface area (TPSA) is 66.3 Å². The number of ether oxygens (including phenoxy) is 1. The normalized spacial score (nSPS) is 25.9. The molecule has 0 aliphatic carbocycles. The summed E-state index contributed by atoms with van der Waals surface area (Å²) in [7, 11) is 5.65. The minimum atomic E-state index is -0.166. The fourth-order valence-corrected chi connectivity index (χ4v) is 3.76. The molecular formula is C19H29N4O3+. The molecule has 2 fully saturated rings. The van der Waals surface area contributed by atoms with Gasteiger partial charge in [0, 0.05) is 50.7 Å². The molecule has 7 heteroatoms. The van der Waals surface area contributed by atoms with Crippen molar-refractivity contribution in [2.45, 2.75) is 31.3 Å². The van der Waals surface area contributed by atoms with E-state index >= 15 is 0 Å². The van der Waals surface area contributed by atoms with E-state index in [9.17, 15) is 9.59 Å². The van der Waals surface area contributed by atoms with E-state index in [2.05, 4.69) is 12.4 Å². The molecule has 3 rings (SSSR count). The second kappa shape index (κ2) is 7.95. The molecule has 1 aromatic rings. The molecule has 0 saturated carbocycles. The van der Waals surface area contributed by atoms with Crippen LogP contribution in [0, 0.1) is 0 Å². The third-order valence-electron chi connectivity index (χ3n) is 5.49. The number of piperidine rings is 1. The van der Waals surface area contributed by atoms with Crippen LogP contribution in [0.15, 0.2) is 24.3 Å². The molecule has 2 saturated heterocycles. The van der Waals surface area contributed by atoms with Crippen molar-refractivity contribution >= 4 is 17.6 Å². The lowest BCUT2D eigenvalue weighted by atomic mass is 10.0. The van der Waals surface area contributed by atoms with Crippen molar-refractivity contribution in [1.82, 2.24) is 10.2 Å². The van der Waals surface area contributed by atoms with Crippen molar-refractivity contribution in [3.63, 3.8) is 0 Å². The highest BCUT2D eigenvalue weighted by atomic mass is 16.5. The molecule has 0 unspecified atom stereocenters. The smallest absolute Gasteiger partial charge is 0.317 e. The molecule has 142 valence electrons. The van der Waals surface area contributed by atoms with Crippen molar-refractivity contribution in [1.29, 1.82) is 0 Å². The van der Waals surface area contributed by atoms with Crippen LogP contribution in [0.25, 0.3) is 0 Å². The Labute approximate surface area is 154 Å². The van der Waals surface area contributed by atoms with Gasteiger partial charge >= 0.3 is 6.03 Å². The van der Waals surface area contributed by atoms with Crippen molar-refractivity contribution in [2.75, 3.05) is 45.7 Å². The lowest BCUT2D eigenvalue weighted by Gasteiger charge is -2.33. The number of quaternary nitrogens is 1. The summed E-state index contributed by atoms with van der Waals surface area (Å²) in [4.78, 5) is 30.0. The van der Waals surface area contributed by atoms with E-state index in [1.807, 2.05) is 36.2 Å². The average Bonchev–Trinajstić information content (AvgIpc) is 3.02. The number of nitrogens with zero attached hydrogens (tertiary/aromatic N) is 2. The van der Waals surface area contributed by atoms with Crippen LogP contribution in [-0.2, 0) is 4.79 Å². The van der Waals surface area contributed by atoms with E-state index in [4.69, 9.17) is 4.74 Å². The van der Waals surface area contributed by atoms with Crippen LogP contribution in [0.1, 0.15) is 19.3 Å². The second-order valence-corrected chi connectivity index (χ2v) is 7.36. The number of urea groups is 1. The zero-order valence-electron chi connectivity index (χ0n) is 15.8. The lowest BCUT2D eigenvalue weighted by molar-refractivity contribution is -0.885. The maximum atomic E-state index is 12.6. The number of hydrogen-bond acceptors (Lipinski definition) is 3. The Hall–Kier alpha value is -2.28. The summed E-state index contributed by atoms with van der Waals surface area (Å²) in [5.41, 5.74) is 0.803. The highest BCUT2D eigenvalue weighted by molar-refractivity contribution is 5.97. The van der Waals surface area contributed by atoms with E-state index in [0.29, 0.717) is 18.7 Å². The molecule has 0 bridgehead atoms. The Morgan fingerprint density at radius 2 is 2.08 bits per heavy atom. The summed E-state index contributed by atoms with van der Waals surface area (Å²) in [6.45, 7) is 2.67. The Morgan fingerprint density at radius 3 is 2.77 bits per heavy atom. The highest BCUT2D eigenvalue weighted by Crippen LogP contribution is 2.25. The van der Waals surface area contributed by atoms with Crippen LogP contribution in [0.5, 0.6) is 5.75 Å². The number of rotatable bonds is 4. The summed E-state index contributed by atoms with van der Waals surface area (Å²) in [5, 5.41) is 3.03. The van der Waals surface area contributed by atoms with Crippen LogP contribution < -0.4 is 19.9 Å².